The van der Waals surface area contributed by atoms with E-state index in [-0.39, 0.29) is 17.9 Å². The van der Waals surface area contributed by atoms with Crippen LogP contribution >= 0.6 is 24.0 Å². The zero-order valence-corrected chi connectivity index (χ0v) is 18.0. The van der Waals surface area contributed by atoms with Crippen molar-refractivity contribution in [3.63, 3.8) is 0 Å². The number of nitrogens with zero attached hydrogens (tertiary/aromatic N) is 3. The first-order valence-electron chi connectivity index (χ1n) is 9.44. The van der Waals surface area contributed by atoms with Crippen molar-refractivity contribution in [3.05, 3.63) is 52.1 Å². The molecule has 31 heavy (non-hydrogen) atoms. The third-order valence-corrected chi connectivity index (χ3v) is 5.97. The SMILES string of the molecule is N#Cc1ccc(-c2ccc(/C=C3\SC(=S)N(CCCCCC(=O)O)C3=O)o2)cc1C#N. The van der Waals surface area contributed by atoms with Gasteiger partial charge in [-0.3, -0.25) is 14.5 Å². The maximum Gasteiger partial charge on any atom is 0.303 e. The van der Waals surface area contributed by atoms with Crippen LogP contribution in [0.5, 0.6) is 0 Å². The predicted molar refractivity (Wildman–Crippen MR) is 120 cm³/mol. The van der Waals surface area contributed by atoms with Crippen molar-refractivity contribution in [2.75, 3.05) is 6.54 Å². The summed E-state index contributed by atoms with van der Waals surface area (Å²) in [7, 11) is 0. The molecule has 156 valence electrons. The molecule has 0 bridgehead atoms. The zero-order valence-electron chi connectivity index (χ0n) is 16.3. The first-order chi connectivity index (χ1) is 14.9. The van der Waals surface area contributed by atoms with E-state index in [1.54, 1.807) is 36.4 Å². The molecule has 1 aliphatic heterocycles. The molecule has 7 nitrogen and oxygen atoms in total. The summed E-state index contributed by atoms with van der Waals surface area (Å²) in [4.78, 5) is 25.2. The van der Waals surface area contributed by atoms with E-state index in [0.717, 1.165) is 0 Å². The molecule has 3 rings (SSSR count). The number of carbonyl (C=O) groups is 2. The summed E-state index contributed by atoms with van der Waals surface area (Å²) in [6, 6.07) is 12.3. The Labute approximate surface area is 188 Å². The van der Waals surface area contributed by atoms with Crippen LogP contribution in [-0.4, -0.2) is 32.7 Å². The fourth-order valence-corrected chi connectivity index (χ4v) is 4.31. The van der Waals surface area contributed by atoms with Crippen molar-refractivity contribution in [2.24, 2.45) is 0 Å². The smallest absolute Gasteiger partial charge is 0.303 e. The van der Waals surface area contributed by atoms with Gasteiger partial charge in [0.2, 0.25) is 0 Å². The lowest BCUT2D eigenvalue weighted by molar-refractivity contribution is -0.137. The molecule has 0 aliphatic carbocycles. The number of benzene rings is 1. The minimum absolute atomic E-state index is 0.119. The predicted octanol–water partition coefficient (Wildman–Crippen LogP) is 4.54. The van der Waals surface area contributed by atoms with Gasteiger partial charge in [-0.05, 0) is 43.2 Å². The Morgan fingerprint density at radius 3 is 2.65 bits per heavy atom. The second-order valence-corrected chi connectivity index (χ2v) is 8.40. The van der Waals surface area contributed by atoms with E-state index >= 15 is 0 Å². The normalized spacial score (nSPS) is 14.6. The monoisotopic (exact) mass is 451 g/mol. The lowest BCUT2D eigenvalue weighted by atomic mass is 10.0. The Hall–Kier alpha value is -3.40. The molecule has 0 saturated carbocycles. The van der Waals surface area contributed by atoms with Crippen molar-refractivity contribution < 1.29 is 19.1 Å². The number of carboxylic acids is 1. The van der Waals surface area contributed by atoms with Crippen LogP contribution in [0.15, 0.2) is 39.7 Å². The second kappa shape index (κ2) is 10.1. The molecule has 1 fully saturated rings. The van der Waals surface area contributed by atoms with Crippen molar-refractivity contribution in [1.29, 1.82) is 10.5 Å². The van der Waals surface area contributed by atoms with Crippen LogP contribution in [0.3, 0.4) is 0 Å². The fraction of sp³-hybridized carbons (Fsp3) is 0.227. The number of hydrogen-bond acceptors (Lipinski definition) is 7. The lowest BCUT2D eigenvalue weighted by Crippen LogP contribution is -2.29. The number of rotatable bonds is 8. The highest BCUT2D eigenvalue weighted by Crippen LogP contribution is 2.34. The van der Waals surface area contributed by atoms with E-state index in [1.165, 1.54) is 16.7 Å². The van der Waals surface area contributed by atoms with Crippen molar-refractivity contribution in [2.45, 2.75) is 25.7 Å². The van der Waals surface area contributed by atoms with Crippen molar-refractivity contribution in [1.82, 2.24) is 4.90 Å². The molecular weight excluding hydrogens is 434 g/mol. The van der Waals surface area contributed by atoms with Gasteiger partial charge in [0.25, 0.3) is 5.91 Å². The van der Waals surface area contributed by atoms with Gasteiger partial charge in [-0.15, -0.1) is 0 Å². The maximum atomic E-state index is 12.7. The highest BCUT2D eigenvalue weighted by atomic mass is 32.2. The van der Waals surface area contributed by atoms with Gasteiger partial charge in [-0.2, -0.15) is 10.5 Å². The molecular formula is C22H17N3O4S2. The van der Waals surface area contributed by atoms with Crippen LogP contribution < -0.4 is 0 Å². The van der Waals surface area contributed by atoms with Crippen LogP contribution in [0.2, 0.25) is 0 Å². The molecule has 0 radical (unpaired) electrons. The fourth-order valence-electron chi connectivity index (χ4n) is 3.02. The molecule has 0 atom stereocenters. The summed E-state index contributed by atoms with van der Waals surface area (Å²) in [5, 5.41) is 26.9. The average Bonchev–Trinajstić information content (AvgIpc) is 3.32. The van der Waals surface area contributed by atoms with E-state index in [9.17, 15) is 14.9 Å². The quantitative estimate of drug-likeness (QED) is 0.353. The molecule has 0 spiro atoms. The summed E-state index contributed by atoms with van der Waals surface area (Å²) in [5.41, 5.74) is 1.22. The Morgan fingerprint density at radius 1 is 1.16 bits per heavy atom. The molecule has 1 N–H and O–H groups in total. The van der Waals surface area contributed by atoms with Crippen LogP contribution in [0.1, 0.15) is 42.6 Å². The standard InChI is InChI=1S/C22H17N3O4S2/c23-12-15-6-5-14(10-16(15)13-24)18-8-7-17(29-18)11-19-21(28)25(22(30)31-19)9-3-1-2-4-20(26)27/h5-8,10-11H,1-4,9H2,(H,26,27)/b19-11-. The number of hydrogen-bond donors (Lipinski definition) is 1. The molecule has 1 aromatic heterocycles. The topological polar surface area (TPSA) is 118 Å². The molecule has 1 saturated heterocycles. The summed E-state index contributed by atoms with van der Waals surface area (Å²) in [6.07, 6.45) is 3.70. The average molecular weight is 452 g/mol. The van der Waals surface area contributed by atoms with Gasteiger partial charge >= 0.3 is 5.97 Å². The number of unbranched alkanes of at least 4 members (excludes halogenated alkanes) is 2. The van der Waals surface area contributed by atoms with E-state index in [1.807, 2.05) is 12.1 Å². The minimum Gasteiger partial charge on any atom is -0.481 e. The van der Waals surface area contributed by atoms with Crippen LogP contribution in [0.25, 0.3) is 17.4 Å². The Balaban J connectivity index is 1.68. The number of thiocarbonyl (C=S) groups is 1. The number of carbonyl (C=O) groups excluding carboxylic acids is 1. The Kier molecular flexibility index (Phi) is 7.24. The molecule has 2 heterocycles. The van der Waals surface area contributed by atoms with E-state index < -0.39 is 5.97 Å². The van der Waals surface area contributed by atoms with Gasteiger partial charge in [0.1, 0.15) is 28.0 Å². The Morgan fingerprint density at radius 2 is 1.94 bits per heavy atom. The molecule has 1 aromatic carbocycles. The van der Waals surface area contributed by atoms with Crippen molar-refractivity contribution in [3.8, 4) is 23.5 Å². The first kappa shape index (κ1) is 22.3. The number of carboxylic acid groups (broad SMARTS) is 1. The summed E-state index contributed by atoms with van der Waals surface area (Å²) in [5.74, 6) is -0.0338. The Bertz CT molecular complexity index is 1150. The van der Waals surface area contributed by atoms with Crippen LogP contribution in [0, 0.1) is 22.7 Å². The number of nitriles is 2. The first-order valence-corrected chi connectivity index (χ1v) is 10.7. The second-order valence-electron chi connectivity index (χ2n) is 6.72. The summed E-state index contributed by atoms with van der Waals surface area (Å²) in [6.45, 7) is 0.452. The molecule has 1 aliphatic rings. The number of furan rings is 1. The molecule has 0 unspecified atom stereocenters. The van der Waals surface area contributed by atoms with Gasteiger partial charge in [0.05, 0.1) is 16.0 Å². The largest absolute Gasteiger partial charge is 0.481 e. The van der Waals surface area contributed by atoms with E-state index in [2.05, 4.69) is 0 Å². The van der Waals surface area contributed by atoms with Crippen LogP contribution in [-0.2, 0) is 9.59 Å². The van der Waals surface area contributed by atoms with Gasteiger partial charge in [-0.25, -0.2) is 0 Å². The van der Waals surface area contributed by atoms with Gasteiger partial charge in [0.15, 0.2) is 0 Å². The number of thioether (sulfide) groups is 1. The molecule has 2 aromatic rings. The number of aliphatic carboxylic acids is 1. The van der Waals surface area contributed by atoms with Gasteiger partial charge in [0, 0.05) is 24.6 Å². The summed E-state index contributed by atoms with van der Waals surface area (Å²) >= 11 is 6.51. The van der Waals surface area contributed by atoms with Crippen LogP contribution in [0.4, 0.5) is 0 Å². The molecule has 9 heteroatoms. The van der Waals surface area contributed by atoms with E-state index in [4.69, 9.17) is 27.0 Å². The maximum absolute atomic E-state index is 12.7. The zero-order chi connectivity index (χ0) is 22.4. The van der Waals surface area contributed by atoms with Gasteiger partial charge in [-0.1, -0.05) is 30.4 Å². The third kappa shape index (κ3) is 5.40. The molecule has 1 amide bonds. The number of amides is 1. The third-order valence-electron chi connectivity index (χ3n) is 4.59. The van der Waals surface area contributed by atoms with Gasteiger partial charge < -0.3 is 9.52 Å². The lowest BCUT2D eigenvalue weighted by Gasteiger charge is -2.13. The van der Waals surface area contributed by atoms with Crippen molar-refractivity contribution >= 4 is 46.3 Å². The minimum atomic E-state index is -0.823. The summed E-state index contributed by atoms with van der Waals surface area (Å²) < 4.78 is 6.27. The van der Waals surface area contributed by atoms with E-state index in [0.29, 0.717) is 57.7 Å². The highest BCUT2D eigenvalue weighted by molar-refractivity contribution is 8.26. The highest BCUT2D eigenvalue weighted by Gasteiger charge is 2.31.